The number of nitrogens with one attached hydrogen (secondary N) is 1. The Bertz CT molecular complexity index is 851. The van der Waals surface area contributed by atoms with Gasteiger partial charge in [0.2, 0.25) is 5.91 Å². The number of phenols is 1. The summed E-state index contributed by atoms with van der Waals surface area (Å²) in [7, 11) is 1.62. The molecule has 1 saturated heterocycles. The molecule has 2 aliphatic rings. The highest BCUT2D eigenvalue weighted by Crippen LogP contribution is 2.38. The number of fused-ring (bicyclic) bond motifs is 1. The topological polar surface area (TPSA) is 61.8 Å². The van der Waals surface area contributed by atoms with E-state index < -0.39 is 0 Å². The molecule has 4 rings (SSSR count). The Morgan fingerprint density at radius 2 is 2.04 bits per heavy atom. The molecular weight excluding hydrogens is 340 g/mol. The van der Waals surface area contributed by atoms with Crippen LogP contribution in [0.25, 0.3) is 0 Å². The zero-order valence-corrected chi connectivity index (χ0v) is 15.7. The van der Waals surface area contributed by atoms with Crippen molar-refractivity contribution in [3.05, 3.63) is 59.2 Å². The molecule has 0 aromatic heterocycles. The van der Waals surface area contributed by atoms with Gasteiger partial charge in [-0.05, 0) is 43.0 Å². The van der Waals surface area contributed by atoms with E-state index in [2.05, 4.69) is 28.4 Å². The van der Waals surface area contributed by atoms with E-state index in [0.717, 1.165) is 37.9 Å². The monoisotopic (exact) mass is 366 g/mol. The molecule has 1 unspecified atom stereocenters. The number of aromatic hydroxyl groups is 1. The van der Waals surface area contributed by atoms with Crippen LogP contribution in [-0.4, -0.2) is 36.1 Å². The molecule has 1 fully saturated rings. The van der Waals surface area contributed by atoms with Gasteiger partial charge in [-0.25, -0.2) is 0 Å². The van der Waals surface area contributed by atoms with Crippen LogP contribution in [0.4, 0.5) is 0 Å². The fourth-order valence-corrected chi connectivity index (χ4v) is 4.51. The molecule has 2 heterocycles. The van der Waals surface area contributed by atoms with E-state index in [-0.39, 0.29) is 17.1 Å². The predicted molar refractivity (Wildman–Crippen MR) is 104 cm³/mol. The number of methoxy groups -OCH3 is 1. The van der Waals surface area contributed by atoms with Crippen LogP contribution in [0.3, 0.4) is 0 Å². The van der Waals surface area contributed by atoms with Crippen LogP contribution in [0.5, 0.6) is 11.5 Å². The standard InChI is InChI=1S/C22H26N2O3/c1-27-20-11-19(25)8-7-18(20)14-24-10-4-9-22(15-24)12-16-5-2-3-6-17(16)13-23-21(22)26/h2-3,5-8,11,25H,4,9-10,12-15H2,1H3,(H,23,26). The second kappa shape index (κ2) is 7.24. The predicted octanol–water partition coefficient (Wildman–Crippen LogP) is 2.86. The highest BCUT2D eigenvalue weighted by Gasteiger charge is 2.43. The van der Waals surface area contributed by atoms with Crippen molar-refractivity contribution in [2.75, 3.05) is 20.2 Å². The lowest BCUT2D eigenvalue weighted by Crippen LogP contribution is -2.51. The minimum Gasteiger partial charge on any atom is -0.508 e. The molecule has 0 radical (unpaired) electrons. The molecule has 2 aromatic carbocycles. The number of ether oxygens (including phenoxy) is 1. The van der Waals surface area contributed by atoms with E-state index in [1.54, 1.807) is 19.2 Å². The van der Waals surface area contributed by atoms with Crippen molar-refractivity contribution in [3.8, 4) is 11.5 Å². The molecule has 1 atom stereocenters. The molecule has 27 heavy (non-hydrogen) atoms. The van der Waals surface area contributed by atoms with Crippen LogP contribution in [0.2, 0.25) is 0 Å². The van der Waals surface area contributed by atoms with Gasteiger partial charge in [0.25, 0.3) is 0 Å². The van der Waals surface area contributed by atoms with Gasteiger partial charge < -0.3 is 15.2 Å². The van der Waals surface area contributed by atoms with Crippen LogP contribution in [0, 0.1) is 5.41 Å². The van der Waals surface area contributed by atoms with E-state index in [0.29, 0.717) is 18.8 Å². The van der Waals surface area contributed by atoms with E-state index in [1.807, 2.05) is 12.1 Å². The molecule has 0 bridgehead atoms. The lowest BCUT2D eigenvalue weighted by molar-refractivity contribution is -0.134. The van der Waals surface area contributed by atoms with Crippen molar-refractivity contribution in [1.29, 1.82) is 0 Å². The van der Waals surface area contributed by atoms with Gasteiger partial charge in [0.1, 0.15) is 11.5 Å². The van der Waals surface area contributed by atoms with Crippen LogP contribution < -0.4 is 10.1 Å². The minimum atomic E-state index is -0.380. The quantitative estimate of drug-likeness (QED) is 0.877. The first-order valence-electron chi connectivity index (χ1n) is 9.53. The number of rotatable bonds is 3. The zero-order chi connectivity index (χ0) is 18.9. The lowest BCUT2D eigenvalue weighted by atomic mass is 9.74. The largest absolute Gasteiger partial charge is 0.508 e. The summed E-state index contributed by atoms with van der Waals surface area (Å²) in [5.41, 5.74) is 3.15. The highest BCUT2D eigenvalue weighted by molar-refractivity contribution is 5.84. The van der Waals surface area contributed by atoms with Gasteiger partial charge in [0.15, 0.2) is 0 Å². The van der Waals surface area contributed by atoms with Gasteiger partial charge in [-0.15, -0.1) is 0 Å². The number of benzene rings is 2. The number of phenolic OH excluding ortho intramolecular Hbond substituents is 1. The number of amides is 1. The summed E-state index contributed by atoms with van der Waals surface area (Å²) >= 11 is 0. The van der Waals surface area contributed by atoms with Crippen molar-refractivity contribution >= 4 is 5.91 Å². The van der Waals surface area contributed by atoms with Gasteiger partial charge in [-0.3, -0.25) is 9.69 Å². The maximum atomic E-state index is 13.0. The molecular formula is C22H26N2O3. The maximum absolute atomic E-state index is 13.0. The van der Waals surface area contributed by atoms with E-state index in [1.165, 1.54) is 11.1 Å². The molecule has 0 aliphatic carbocycles. The Balaban J connectivity index is 1.58. The molecule has 2 N–H and O–H groups in total. The van der Waals surface area contributed by atoms with Crippen molar-refractivity contribution < 1.29 is 14.6 Å². The van der Waals surface area contributed by atoms with Crippen LogP contribution in [0.15, 0.2) is 42.5 Å². The molecule has 2 aromatic rings. The lowest BCUT2D eigenvalue weighted by Gasteiger charge is -2.41. The SMILES string of the molecule is COc1cc(O)ccc1CN1CCCC2(Cc3ccccc3CNC2=O)C1. The first-order chi connectivity index (χ1) is 13.1. The number of likely N-dealkylation sites (tertiary alicyclic amines) is 1. The van der Waals surface area contributed by atoms with Crippen molar-refractivity contribution in [3.63, 3.8) is 0 Å². The van der Waals surface area contributed by atoms with E-state index in [4.69, 9.17) is 4.74 Å². The van der Waals surface area contributed by atoms with Crippen molar-refractivity contribution in [2.45, 2.75) is 32.4 Å². The highest BCUT2D eigenvalue weighted by atomic mass is 16.5. The summed E-state index contributed by atoms with van der Waals surface area (Å²) in [6, 6.07) is 13.6. The summed E-state index contributed by atoms with van der Waals surface area (Å²) in [6.07, 6.45) is 2.70. The van der Waals surface area contributed by atoms with E-state index in [9.17, 15) is 9.90 Å². The third kappa shape index (κ3) is 3.52. The van der Waals surface area contributed by atoms with Crippen LogP contribution >= 0.6 is 0 Å². The second-order valence-electron chi connectivity index (χ2n) is 7.72. The molecule has 1 amide bonds. The van der Waals surface area contributed by atoms with Crippen molar-refractivity contribution in [1.82, 2.24) is 10.2 Å². The maximum Gasteiger partial charge on any atom is 0.228 e. The number of piperidine rings is 1. The van der Waals surface area contributed by atoms with Gasteiger partial charge >= 0.3 is 0 Å². The summed E-state index contributed by atoms with van der Waals surface area (Å²) in [6.45, 7) is 3.01. The second-order valence-corrected chi connectivity index (χ2v) is 7.72. The van der Waals surface area contributed by atoms with Crippen LogP contribution in [-0.2, 0) is 24.3 Å². The number of hydrogen-bond donors (Lipinski definition) is 2. The number of carbonyl (C=O) groups excluding carboxylic acids is 1. The third-order valence-corrected chi connectivity index (χ3v) is 5.89. The fraction of sp³-hybridized carbons (Fsp3) is 0.409. The molecule has 5 heteroatoms. The Hall–Kier alpha value is -2.53. The number of nitrogens with zero attached hydrogens (tertiary/aromatic N) is 1. The molecule has 1 spiro atoms. The van der Waals surface area contributed by atoms with E-state index >= 15 is 0 Å². The third-order valence-electron chi connectivity index (χ3n) is 5.89. The van der Waals surface area contributed by atoms with Gasteiger partial charge in [-0.2, -0.15) is 0 Å². The van der Waals surface area contributed by atoms with Gasteiger partial charge in [0.05, 0.1) is 12.5 Å². The Kier molecular flexibility index (Phi) is 4.79. The van der Waals surface area contributed by atoms with Gasteiger partial charge in [-0.1, -0.05) is 30.3 Å². The average Bonchev–Trinajstić information content (AvgIpc) is 2.80. The number of carbonyl (C=O) groups is 1. The average molecular weight is 366 g/mol. The first-order valence-corrected chi connectivity index (χ1v) is 9.53. The summed E-state index contributed by atoms with van der Waals surface area (Å²) in [5, 5.41) is 12.8. The minimum absolute atomic E-state index is 0.168. The Labute approximate surface area is 160 Å². The molecule has 2 aliphatic heterocycles. The Morgan fingerprint density at radius 1 is 1.22 bits per heavy atom. The molecule has 142 valence electrons. The fourth-order valence-electron chi connectivity index (χ4n) is 4.51. The number of hydrogen-bond acceptors (Lipinski definition) is 4. The summed E-state index contributed by atoms with van der Waals surface area (Å²) in [5.74, 6) is 1.05. The van der Waals surface area contributed by atoms with Crippen molar-refractivity contribution in [2.24, 2.45) is 5.41 Å². The Morgan fingerprint density at radius 3 is 2.85 bits per heavy atom. The normalized spacial score (nSPS) is 22.8. The smallest absolute Gasteiger partial charge is 0.228 e. The summed E-state index contributed by atoms with van der Waals surface area (Å²) < 4.78 is 5.43. The zero-order valence-electron chi connectivity index (χ0n) is 15.7. The van der Waals surface area contributed by atoms with Crippen LogP contribution in [0.1, 0.15) is 29.5 Å². The molecule has 5 nitrogen and oxygen atoms in total. The molecule has 0 saturated carbocycles. The van der Waals surface area contributed by atoms with Gasteiger partial charge in [0, 0.05) is 31.3 Å². The summed E-state index contributed by atoms with van der Waals surface area (Å²) in [4.78, 5) is 15.4. The first kappa shape index (κ1) is 17.9.